The van der Waals surface area contributed by atoms with E-state index in [0.717, 1.165) is 38.0 Å². The zero-order valence-electron chi connectivity index (χ0n) is 19.6. The van der Waals surface area contributed by atoms with Crippen LogP contribution in [-0.2, 0) is 9.53 Å². The number of anilines is 1. The van der Waals surface area contributed by atoms with Gasteiger partial charge in [-0.25, -0.2) is 14.6 Å². The number of carboxylic acids is 1. The molecule has 7 nitrogen and oxygen atoms in total. The van der Waals surface area contributed by atoms with E-state index >= 15 is 0 Å². The molecule has 1 amide bonds. The first kappa shape index (κ1) is 24.2. The van der Waals surface area contributed by atoms with E-state index in [9.17, 15) is 9.59 Å². The van der Waals surface area contributed by atoms with Crippen LogP contribution < -0.4 is 4.90 Å². The first-order valence-corrected chi connectivity index (χ1v) is 11.8. The molecule has 176 valence electrons. The third-order valence-electron chi connectivity index (χ3n) is 6.13. The standard InChI is InChI=1S/C25H37N3O4/c1-25(2,3)32-24(31)28(22-12-10-19(16-26-22)11-13-23(29)30)21-14-15-27(18-21)17-20-8-6-4-5-7-9-20/h10-13,16,20-21H,4-9,14-15,17-18H2,1-3H3,(H,29,30)/t21-/m1/s1. The molecule has 1 atom stereocenters. The average Bonchev–Trinajstić information content (AvgIpc) is 3.00. The van der Waals surface area contributed by atoms with Crippen molar-refractivity contribution in [3.63, 3.8) is 0 Å². The van der Waals surface area contributed by atoms with E-state index in [0.29, 0.717) is 11.4 Å². The van der Waals surface area contributed by atoms with E-state index in [1.807, 2.05) is 20.8 Å². The van der Waals surface area contributed by atoms with Crippen molar-refractivity contribution in [2.45, 2.75) is 77.4 Å². The first-order valence-electron chi connectivity index (χ1n) is 11.8. The lowest BCUT2D eigenvalue weighted by Gasteiger charge is -2.31. The molecule has 0 aromatic carbocycles. The highest BCUT2D eigenvalue weighted by atomic mass is 16.6. The lowest BCUT2D eigenvalue weighted by atomic mass is 10.00. The zero-order valence-corrected chi connectivity index (χ0v) is 19.6. The van der Waals surface area contributed by atoms with Crippen LogP contribution in [0.25, 0.3) is 6.08 Å². The summed E-state index contributed by atoms with van der Waals surface area (Å²) in [7, 11) is 0. The number of aromatic nitrogens is 1. The summed E-state index contributed by atoms with van der Waals surface area (Å²) in [5.74, 6) is 0.280. The number of pyridine rings is 1. The summed E-state index contributed by atoms with van der Waals surface area (Å²) in [6, 6.07) is 3.54. The van der Waals surface area contributed by atoms with Gasteiger partial charge in [0.25, 0.3) is 0 Å². The summed E-state index contributed by atoms with van der Waals surface area (Å²) >= 11 is 0. The average molecular weight is 444 g/mol. The Labute approximate surface area is 191 Å². The second-order valence-corrected chi connectivity index (χ2v) is 10.0. The normalized spacial score (nSPS) is 20.9. The maximum atomic E-state index is 13.1. The number of hydrogen-bond acceptors (Lipinski definition) is 5. The maximum Gasteiger partial charge on any atom is 0.416 e. The van der Waals surface area contributed by atoms with Crippen molar-refractivity contribution in [3.05, 3.63) is 30.0 Å². The molecule has 1 aromatic heterocycles. The molecule has 0 spiro atoms. The van der Waals surface area contributed by atoms with E-state index in [1.54, 1.807) is 23.2 Å². The summed E-state index contributed by atoms with van der Waals surface area (Å²) in [6.45, 7) is 8.49. The SMILES string of the molecule is CC(C)(C)OC(=O)N(c1ccc(C=CC(=O)O)cn1)[C@@H]1CCN(CC2CCCCCC2)C1. The Hall–Kier alpha value is -2.41. The van der Waals surface area contributed by atoms with Crippen LogP contribution in [-0.4, -0.2) is 58.3 Å². The van der Waals surface area contributed by atoms with Crippen molar-refractivity contribution in [1.29, 1.82) is 0 Å². The van der Waals surface area contributed by atoms with Crippen LogP contribution in [0.5, 0.6) is 0 Å². The van der Waals surface area contributed by atoms with Gasteiger partial charge in [0, 0.05) is 31.9 Å². The molecule has 2 heterocycles. The molecular formula is C25H37N3O4. The number of hydrogen-bond donors (Lipinski definition) is 1. The Morgan fingerprint density at radius 2 is 1.91 bits per heavy atom. The van der Waals surface area contributed by atoms with Crippen molar-refractivity contribution in [2.75, 3.05) is 24.5 Å². The minimum atomic E-state index is -1.01. The highest BCUT2D eigenvalue weighted by Crippen LogP contribution is 2.28. The molecule has 0 unspecified atom stereocenters. The maximum absolute atomic E-state index is 13.1. The summed E-state index contributed by atoms with van der Waals surface area (Å²) < 4.78 is 5.71. The monoisotopic (exact) mass is 443 g/mol. The summed E-state index contributed by atoms with van der Waals surface area (Å²) in [6.07, 6.45) is 12.6. The van der Waals surface area contributed by atoms with Crippen LogP contribution in [0.2, 0.25) is 0 Å². The summed E-state index contributed by atoms with van der Waals surface area (Å²) in [5.41, 5.74) is 0.0692. The second kappa shape index (κ2) is 10.9. The smallest absolute Gasteiger partial charge is 0.416 e. The number of amides is 1. The molecule has 1 saturated carbocycles. The number of likely N-dealkylation sites (tertiary alicyclic amines) is 1. The van der Waals surface area contributed by atoms with Gasteiger partial charge in [0.1, 0.15) is 11.4 Å². The van der Waals surface area contributed by atoms with E-state index in [2.05, 4.69) is 9.88 Å². The Kier molecular flexibility index (Phi) is 8.29. The van der Waals surface area contributed by atoms with Crippen LogP contribution in [0.15, 0.2) is 24.4 Å². The van der Waals surface area contributed by atoms with Gasteiger partial charge < -0.3 is 14.7 Å². The van der Waals surface area contributed by atoms with Crippen molar-refractivity contribution < 1.29 is 19.4 Å². The number of carbonyl (C=O) groups is 2. The van der Waals surface area contributed by atoms with Gasteiger partial charge in [-0.15, -0.1) is 0 Å². The molecule has 2 aliphatic rings. The third kappa shape index (κ3) is 7.33. The fourth-order valence-electron chi connectivity index (χ4n) is 4.65. The Morgan fingerprint density at radius 1 is 1.19 bits per heavy atom. The second-order valence-electron chi connectivity index (χ2n) is 10.0. The molecule has 0 bridgehead atoms. The van der Waals surface area contributed by atoms with Crippen LogP contribution in [0.4, 0.5) is 10.6 Å². The van der Waals surface area contributed by atoms with Gasteiger partial charge in [0.2, 0.25) is 0 Å². The van der Waals surface area contributed by atoms with Gasteiger partial charge in [-0.3, -0.25) is 4.90 Å². The molecule has 3 rings (SSSR count). The molecule has 2 fully saturated rings. The Balaban J connectivity index is 1.73. The Bertz CT molecular complexity index is 792. The minimum Gasteiger partial charge on any atom is -0.478 e. The van der Waals surface area contributed by atoms with Crippen LogP contribution in [0.3, 0.4) is 0 Å². The molecule has 1 N–H and O–H groups in total. The lowest BCUT2D eigenvalue weighted by molar-refractivity contribution is -0.131. The predicted molar refractivity (Wildman–Crippen MR) is 126 cm³/mol. The minimum absolute atomic E-state index is 0.00328. The molecule has 1 aliphatic heterocycles. The molecular weight excluding hydrogens is 406 g/mol. The van der Waals surface area contributed by atoms with E-state index in [4.69, 9.17) is 9.84 Å². The molecule has 7 heteroatoms. The van der Waals surface area contributed by atoms with Crippen molar-refractivity contribution in [3.8, 4) is 0 Å². The highest BCUT2D eigenvalue weighted by Gasteiger charge is 2.35. The zero-order chi connectivity index (χ0) is 23.1. The molecule has 1 saturated heterocycles. The van der Waals surface area contributed by atoms with E-state index < -0.39 is 11.6 Å². The van der Waals surface area contributed by atoms with Crippen LogP contribution in [0, 0.1) is 5.92 Å². The fourth-order valence-corrected chi connectivity index (χ4v) is 4.65. The lowest BCUT2D eigenvalue weighted by Crippen LogP contribution is -2.45. The number of nitrogens with zero attached hydrogens (tertiary/aromatic N) is 3. The van der Waals surface area contributed by atoms with E-state index in [-0.39, 0.29) is 12.1 Å². The predicted octanol–water partition coefficient (Wildman–Crippen LogP) is 4.97. The van der Waals surface area contributed by atoms with Crippen LogP contribution >= 0.6 is 0 Å². The fraction of sp³-hybridized carbons (Fsp3) is 0.640. The highest BCUT2D eigenvalue weighted by molar-refractivity contribution is 5.88. The number of carbonyl (C=O) groups excluding carboxylic acids is 1. The third-order valence-corrected chi connectivity index (χ3v) is 6.13. The molecule has 1 aromatic rings. The van der Waals surface area contributed by atoms with Gasteiger partial charge in [0.05, 0.1) is 6.04 Å². The number of rotatable bonds is 6. The Morgan fingerprint density at radius 3 is 2.50 bits per heavy atom. The first-order chi connectivity index (χ1) is 15.2. The van der Waals surface area contributed by atoms with Crippen molar-refractivity contribution in [1.82, 2.24) is 9.88 Å². The van der Waals surface area contributed by atoms with Gasteiger partial charge >= 0.3 is 12.1 Å². The van der Waals surface area contributed by atoms with Crippen LogP contribution in [0.1, 0.15) is 71.3 Å². The van der Waals surface area contributed by atoms with Gasteiger partial charge in [-0.1, -0.05) is 25.7 Å². The topological polar surface area (TPSA) is 83.0 Å². The summed E-state index contributed by atoms with van der Waals surface area (Å²) in [4.78, 5) is 32.5. The number of aliphatic carboxylic acids is 1. The van der Waals surface area contributed by atoms with E-state index in [1.165, 1.54) is 44.6 Å². The number of ether oxygens (including phenoxy) is 1. The summed E-state index contributed by atoms with van der Waals surface area (Å²) in [5, 5.41) is 8.82. The quantitative estimate of drug-likeness (QED) is 0.494. The molecule has 32 heavy (non-hydrogen) atoms. The number of carboxylic acid groups (broad SMARTS) is 1. The van der Waals surface area contributed by atoms with Gasteiger partial charge in [-0.2, -0.15) is 0 Å². The van der Waals surface area contributed by atoms with Gasteiger partial charge in [-0.05, 0) is 69.7 Å². The molecule has 1 aliphatic carbocycles. The molecule has 0 radical (unpaired) electrons. The van der Waals surface area contributed by atoms with Crippen molar-refractivity contribution in [2.24, 2.45) is 5.92 Å². The van der Waals surface area contributed by atoms with Gasteiger partial charge in [0.15, 0.2) is 0 Å². The van der Waals surface area contributed by atoms with Crippen molar-refractivity contribution >= 4 is 24.0 Å². The largest absolute Gasteiger partial charge is 0.478 e.